The molecule has 0 radical (unpaired) electrons. The third-order valence-corrected chi connectivity index (χ3v) is 3.84. The van der Waals surface area contributed by atoms with E-state index in [0.29, 0.717) is 6.61 Å². The molecular formula is C19H21NO. The van der Waals surface area contributed by atoms with Crippen LogP contribution in [0, 0.1) is 13.8 Å². The van der Waals surface area contributed by atoms with Gasteiger partial charge in [0.1, 0.15) is 12.4 Å². The van der Waals surface area contributed by atoms with Gasteiger partial charge in [0.2, 0.25) is 0 Å². The monoisotopic (exact) mass is 279 g/mol. The maximum absolute atomic E-state index is 5.96. The van der Waals surface area contributed by atoms with Gasteiger partial charge in [0.15, 0.2) is 0 Å². The maximum Gasteiger partial charge on any atom is 0.120 e. The van der Waals surface area contributed by atoms with E-state index >= 15 is 0 Å². The quantitative estimate of drug-likeness (QED) is 0.665. The van der Waals surface area contributed by atoms with Crippen LogP contribution in [0.3, 0.4) is 0 Å². The number of benzene rings is 2. The van der Waals surface area contributed by atoms with E-state index in [1.807, 2.05) is 12.1 Å². The molecule has 0 unspecified atom stereocenters. The molecule has 0 spiro atoms. The van der Waals surface area contributed by atoms with Gasteiger partial charge in [-0.25, -0.2) is 0 Å². The van der Waals surface area contributed by atoms with E-state index in [-0.39, 0.29) is 0 Å². The van der Waals surface area contributed by atoms with Crippen LogP contribution in [0.1, 0.15) is 23.6 Å². The molecule has 0 atom stereocenters. The number of fused-ring (bicyclic) bond motifs is 1. The molecule has 0 aliphatic rings. The summed E-state index contributed by atoms with van der Waals surface area (Å²) in [6.07, 6.45) is 2.21. The average Bonchev–Trinajstić information content (AvgIpc) is 2.82. The fourth-order valence-corrected chi connectivity index (χ4v) is 2.72. The Morgan fingerprint density at radius 2 is 1.81 bits per heavy atom. The molecule has 3 rings (SSSR count). The number of nitrogens with zero attached hydrogens (tertiary/aromatic N) is 1. The fraction of sp³-hybridized carbons (Fsp3) is 0.263. The van der Waals surface area contributed by atoms with Gasteiger partial charge in [-0.1, -0.05) is 24.3 Å². The van der Waals surface area contributed by atoms with E-state index < -0.39 is 0 Å². The second-order valence-corrected chi connectivity index (χ2v) is 5.57. The van der Waals surface area contributed by atoms with Crippen LogP contribution in [0.4, 0.5) is 0 Å². The first-order valence-electron chi connectivity index (χ1n) is 7.45. The molecule has 0 fully saturated rings. The van der Waals surface area contributed by atoms with Gasteiger partial charge < -0.3 is 9.30 Å². The van der Waals surface area contributed by atoms with Crippen molar-refractivity contribution < 1.29 is 4.74 Å². The lowest BCUT2D eigenvalue weighted by molar-refractivity contribution is 0.307. The standard InChI is InChI=1S/C19H21NO/c1-4-20-12-16(18-9-8-15(3)11-19(18)20)13-21-17-7-5-6-14(2)10-17/h5-12H,4,13H2,1-3H3. The van der Waals surface area contributed by atoms with Crippen LogP contribution in [0.5, 0.6) is 5.75 Å². The lowest BCUT2D eigenvalue weighted by atomic mass is 10.1. The SMILES string of the molecule is CCn1cc(COc2cccc(C)c2)c2ccc(C)cc21. The second kappa shape index (κ2) is 5.65. The molecule has 3 aromatic rings. The molecule has 0 amide bonds. The molecule has 0 saturated heterocycles. The third kappa shape index (κ3) is 2.80. The van der Waals surface area contributed by atoms with Gasteiger partial charge in [-0.05, 0) is 50.1 Å². The summed E-state index contributed by atoms with van der Waals surface area (Å²) in [4.78, 5) is 0. The van der Waals surface area contributed by atoms with Gasteiger partial charge in [-0.2, -0.15) is 0 Å². The topological polar surface area (TPSA) is 14.2 Å². The van der Waals surface area contributed by atoms with E-state index in [4.69, 9.17) is 4.74 Å². The molecule has 1 heterocycles. The highest BCUT2D eigenvalue weighted by Gasteiger charge is 2.08. The highest BCUT2D eigenvalue weighted by molar-refractivity contribution is 5.84. The Bertz CT molecular complexity index is 770. The highest BCUT2D eigenvalue weighted by Crippen LogP contribution is 2.24. The van der Waals surface area contributed by atoms with Crippen LogP contribution in [-0.4, -0.2) is 4.57 Å². The number of aryl methyl sites for hydroxylation is 3. The Labute approximate surface area is 126 Å². The third-order valence-electron chi connectivity index (χ3n) is 3.84. The lowest BCUT2D eigenvalue weighted by Crippen LogP contribution is -1.95. The van der Waals surface area contributed by atoms with E-state index in [1.54, 1.807) is 0 Å². The summed E-state index contributed by atoms with van der Waals surface area (Å²) in [6, 6.07) is 14.8. The normalized spacial score (nSPS) is 11.0. The molecule has 2 nitrogen and oxygen atoms in total. The number of rotatable bonds is 4. The Morgan fingerprint density at radius 3 is 2.57 bits per heavy atom. The van der Waals surface area contributed by atoms with Crippen molar-refractivity contribution in [2.24, 2.45) is 0 Å². The van der Waals surface area contributed by atoms with Gasteiger partial charge in [0.25, 0.3) is 0 Å². The van der Waals surface area contributed by atoms with Crippen molar-refractivity contribution in [1.29, 1.82) is 0 Å². The Hall–Kier alpha value is -2.22. The van der Waals surface area contributed by atoms with E-state index in [2.05, 4.69) is 61.9 Å². The van der Waals surface area contributed by atoms with Gasteiger partial charge >= 0.3 is 0 Å². The van der Waals surface area contributed by atoms with Gasteiger partial charge in [-0.3, -0.25) is 0 Å². The van der Waals surface area contributed by atoms with E-state index in [1.165, 1.54) is 27.6 Å². The van der Waals surface area contributed by atoms with Gasteiger partial charge in [-0.15, -0.1) is 0 Å². The van der Waals surface area contributed by atoms with Crippen molar-refractivity contribution in [2.75, 3.05) is 0 Å². The summed E-state index contributed by atoms with van der Waals surface area (Å²) < 4.78 is 8.24. The summed E-state index contributed by atoms with van der Waals surface area (Å²) in [7, 11) is 0. The summed E-state index contributed by atoms with van der Waals surface area (Å²) >= 11 is 0. The molecule has 0 aliphatic carbocycles. The van der Waals surface area contributed by atoms with Crippen LogP contribution in [-0.2, 0) is 13.2 Å². The first-order chi connectivity index (χ1) is 10.2. The summed E-state index contributed by atoms with van der Waals surface area (Å²) in [5.74, 6) is 0.930. The van der Waals surface area contributed by atoms with Crippen molar-refractivity contribution in [1.82, 2.24) is 4.57 Å². The van der Waals surface area contributed by atoms with Gasteiger partial charge in [0, 0.05) is 29.2 Å². The Kier molecular flexibility index (Phi) is 3.70. The molecular weight excluding hydrogens is 258 g/mol. The number of aromatic nitrogens is 1. The molecule has 2 aromatic carbocycles. The number of ether oxygens (including phenoxy) is 1. The predicted octanol–water partition coefficient (Wildman–Crippen LogP) is 4.86. The van der Waals surface area contributed by atoms with Crippen LogP contribution in [0.25, 0.3) is 10.9 Å². The predicted molar refractivity (Wildman–Crippen MR) is 87.9 cm³/mol. The first-order valence-corrected chi connectivity index (χ1v) is 7.45. The second-order valence-electron chi connectivity index (χ2n) is 5.57. The van der Waals surface area contributed by atoms with Crippen molar-refractivity contribution in [2.45, 2.75) is 33.9 Å². The zero-order chi connectivity index (χ0) is 14.8. The number of hydrogen-bond acceptors (Lipinski definition) is 1. The molecule has 2 heteroatoms. The molecule has 0 bridgehead atoms. The molecule has 0 saturated carbocycles. The molecule has 0 N–H and O–H groups in total. The molecule has 108 valence electrons. The van der Waals surface area contributed by atoms with Crippen LogP contribution >= 0.6 is 0 Å². The van der Waals surface area contributed by atoms with Crippen LogP contribution in [0.15, 0.2) is 48.7 Å². The van der Waals surface area contributed by atoms with Crippen molar-refractivity contribution >= 4 is 10.9 Å². The zero-order valence-electron chi connectivity index (χ0n) is 12.9. The summed E-state index contributed by atoms with van der Waals surface area (Å²) in [5, 5.41) is 1.29. The Balaban J connectivity index is 1.90. The van der Waals surface area contributed by atoms with Crippen molar-refractivity contribution in [3.05, 3.63) is 65.4 Å². The van der Waals surface area contributed by atoms with Crippen LogP contribution < -0.4 is 4.74 Å². The average molecular weight is 279 g/mol. The smallest absolute Gasteiger partial charge is 0.120 e. The van der Waals surface area contributed by atoms with E-state index in [9.17, 15) is 0 Å². The minimum absolute atomic E-state index is 0.607. The molecule has 0 aliphatic heterocycles. The zero-order valence-corrected chi connectivity index (χ0v) is 12.9. The summed E-state index contributed by atoms with van der Waals surface area (Å²) in [6.45, 7) is 7.97. The minimum atomic E-state index is 0.607. The largest absolute Gasteiger partial charge is 0.489 e. The molecule has 1 aromatic heterocycles. The van der Waals surface area contributed by atoms with Crippen molar-refractivity contribution in [3.8, 4) is 5.75 Å². The fourth-order valence-electron chi connectivity index (χ4n) is 2.72. The van der Waals surface area contributed by atoms with Gasteiger partial charge in [0.05, 0.1) is 0 Å². The van der Waals surface area contributed by atoms with Crippen LogP contribution in [0.2, 0.25) is 0 Å². The maximum atomic E-state index is 5.96. The van der Waals surface area contributed by atoms with E-state index in [0.717, 1.165) is 12.3 Å². The first kappa shape index (κ1) is 13.7. The Morgan fingerprint density at radius 1 is 1.00 bits per heavy atom. The number of hydrogen-bond donors (Lipinski definition) is 0. The lowest BCUT2D eigenvalue weighted by Gasteiger charge is -2.06. The minimum Gasteiger partial charge on any atom is -0.489 e. The molecule has 21 heavy (non-hydrogen) atoms. The highest BCUT2D eigenvalue weighted by atomic mass is 16.5. The van der Waals surface area contributed by atoms with Crippen molar-refractivity contribution in [3.63, 3.8) is 0 Å². The summed E-state index contributed by atoms with van der Waals surface area (Å²) in [5.41, 5.74) is 5.05.